The molecule has 4 nitrogen and oxygen atoms in total. The minimum absolute atomic E-state index is 0.136. The molecule has 0 atom stereocenters. The van der Waals surface area contributed by atoms with Gasteiger partial charge in [0, 0.05) is 19.8 Å². The maximum atomic E-state index is 5.84. The Labute approximate surface area is 199 Å². The topological polar surface area (TPSA) is 41.9 Å². The van der Waals surface area contributed by atoms with Gasteiger partial charge in [0.15, 0.2) is 17.5 Å². The number of anilines is 1. The van der Waals surface area contributed by atoms with Crippen molar-refractivity contribution in [2.45, 2.75) is 7.59 Å². The number of halogens is 6. The summed E-state index contributed by atoms with van der Waals surface area (Å²) < 4.78 is -3.76. The van der Waals surface area contributed by atoms with E-state index in [1.807, 2.05) is 49.4 Å². The summed E-state index contributed by atoms with van der Waals surface area (Å²) in [5, 5.41) is 0. The summed E-state index contributed by atoms with van der Waals surface area (Å²) in [6.07, 6.45) is 10.8. The molecule has 0 saturated heterocycles. The Morgan fingerprint density at radius 3 is 1.62 bits per heavy atom. The Balaban J connectivity index is 2.10. The van der Waals surface area contributed by atoms with Gasteiger partial charge in [-0.05, 0) is 23.8 Å². The lowest BCUT2D eigenvalue weighted by atomic mass is 10.2. The summed E-state index contributed by atoms with van der Waals surface area (Å²) >= 11 is 35.0. The molecule has 10 heteroatoms. The van der Waals surface area contributed by atoms with E-state index in [4.69, 9.17) is 69.6 Å². The molecule has 0 saturated carbocycles. The van der Waals surface area contributed by atoms with E-state index >= 15 is 0 Å². The molecule has 1 aromatic heterocycles. The molecule has 0 spiro atoms. The molecule has 2 aromatic rings. The lowest BCUT2D eigenvalue weighted by Crippen LogP contribution is -2.16. The molecule has 0 aliphatic carbocycles. The third-order valence-electron chi connectivity index (χ3n) is 3.44. The molecular weight excluding hydrogens is 497 g/mol. The van der Waals surface area contributed by atoms with Crippen LogP contribution in [0.2, 0.25) is 0 Å². The lowest BCUT2D eigenvalue weighted by Gasteiger charge is -2.14. The molecule has 0 fully saturated rings. The van der Waals surface area contributed by atoms with Gasteiger partial charge in [-0.2, -0.15) is 0 Å². The van der Waals surface area contributed by atoms with Crippen LogP contribution >= 0.6 is 69.6 Å². The second-order valence-corrected chi connectivity index (χ2v) is 10.5. The minimum atomic E-state index is -1.88. The van der Waals surface area contributed by atoms with Crippen molar-refractivity contribution in [1.82, 2.24) is 15.0 Å². The average Bonchev–Trinajstić information content (AvgIpc) is 2.63. The highest BCUT2D eigenvalue weighted by atomic mass is 35.6. The zero-order valence-corrected chi connectivity index (χ0v) is 19.9. The molecule has 0 N–H and O–H groups in total. The number of nitrogens with zero attached hydrogens (tertiary/aromatic N) is 4. The average molecular weight is 513 g/mol. The number of alkyl halides is 6. The Kier molecular flexibility index (Phi) is 8.65. The van der Waals surface area contributed by atoms with Gasteiger partial charge in [-0.15, -0.1) is 0 Å². The lowest BCUT2D eigenvalue weighted by molar-refractivity contribution is 0.835. The summed E-state index contributed by atoms with van der Waals surface area (Å²) in [6.45, 7) is 0. The molecule has 1 heterocycles. The molecule has 154 valence electrons. The van der Waals surface area contributed by atoms with Crippen LogP contribution in [0, 0.1) is 0 Å². The Morgan fingerprint density at radius 2 is 1.17 bits per heavy atom. The van der Waals surface area contributed by atoms with Crippen molar-refractivity contribution in [3.8, 4) is 0 Å². The molecule has 0 aliphatic heterocycles. The zero-order valence-electron chi connectivity index (χ0n) is 15.3. The zero-order chi connectivity index (χ0) is 21.7. The van der Waals surface area contributed by atoms with Crippen molar-refractivity contribution >= 4 is 87.4 Å². The monoisotopic (exact) mass is 510 g/mol. The maximum Gasteiger partial charge on any atom is 0.250 e. The van der Waals surface area contributed by atoms with Gasteiger partial charge in [0.05, 0.1) is 0 Å². The molecule has 0 amide bonds. The third-order valence-corrected chi connectivity index (χ3v) is 4.45. The van der Waals surface area contributed by atoms with Gasteiger partial charge in [0.1, 0.15) is 0 Å². The summed E-state index contributed by atoms with van der Waals surface area (Å²) in [5.74, 6) is -0.0809. The van der Waals surface area contributed by atoms with E-state index in [9.17, 15) is 0 Å². The fourth-order valence-corrected chi connectivity index (χ4v) is 2.55. The number of rotatable bonds is 5. The van der Waals surface area contributed by atoms with Gasteiger partial charge in [-0.1, -0.05) is 112 Å². The van der Waals surface area contributed by atoms with Crippen molar-refractivity contribution in [3.05, 3.63) is 71.6 Å². The summed E-state index contributed by atoms with van der Waals surface area (Å²) in [6, 6.07) is 8.18. The minimum Gasteiger partial charge on any atom is -0.378 e. The predicted octanol–water partition coefficient (Wildman–Crippen LogP) is 6.87. The van der Waals surface area contributed by atoms with Crippen LogP contribution in [-0.2, 0) is 7.59 Å². The van der Waals surface area contributed by atoms with Gasteiger partial charge < -0.3 is 4.90 Å². The molecule has 1 aromatic carbocycles. The highest BCUT2D eigenvalue weighted by Gasteiger charge is 2.33. The summed E-state index contributed by atoms with van der Waals surface area (Å²) in [5.41, 5.74) is 2.22. The van der Waals surface area contributed by atoms with E-state index in [0.717, 1.165) is 11.3 Å². The third kappa shape index (κ3) is 7.97. The van der Waals surface area contributed by atoms with Crippen LogP contribution in [-0.4, -0.2) is 29.0 Å². The largest absolute Gasteiger partial charge is 0.378 e. The highest BCUT2D eigenvalue weighted by molar-refractivity contribution is 6.67. The molecule has 0 bridgehead atoms. The quantitative estimate of drug-likeness (QED) is 0.323. The molecule has 0 radical (unpaired) electrons. The van der Waals surface area contributed by atoms with Crippen molar-refractivity contribution in [1.29, 1.82) is 0 Å². The molecule has 0 unspecified atom stereocenters. The molecule has 29 heavy (non-hydrogen) atoms. The van der Waals surface area contributed by atoms with Crippen LogP contribution in [0.4, 0.5) is 5.69 Å². The summed E-state index contributed by atoms with van der Waals surface area (Å²) in [7, 11) is 4.00. The maximum absolute atomic E-state index is 5.84. The van der Waals surface area contributed by atoms with Crippen LogP contribution in [0.25, 0.3) is 12.2 Å². The highest BCUT2D eigenvalue weighted by Crippen LogP contribution is 2.39. The molecule has 2 rings (SSSR count). The van der Waals surface area contributed by atoms with Gasteiger partial charge in [-0.3, -0.25) is 0 Å². The second-order valence-electron chi connectivity index (χ2n) is 5.93. The summed E-state index contributed by atoms with van der Waals surface area (Å²) in [4.78, 5) is 14.1. The van der Waals surface area contributed by atoms with E-state index in [-0.39, 0.29) is 17.5 Å². The van der Waals surface area contributed by atoms with Gasteiger partial charge >= 0.3 is 0 Å². The van der Waals surface area contributed by atoms with Crippen molar-refractivity contribution in [2.75, 3.05) is 19.0 Å². The first-order valence-electron chi connectivity index (χ1n) is 8.16. The molecular formula is C19H16Cl6N4. The van der Waals surface area contributed by atoms with Crippen molar-refractivity contribution < 1.29 is 0 Å². The van der Waals surface area contributed by atoms with Crippen molar-refractivity contribution in [3.63, 3.8) is 0 Å². The number of allylic oxidation sites excluding steroid dienone is 4. The fourth-order valence-electron chi connectivity index (χ4n) is 2.04. The first kappa shape index (κ1) is 24.3. The number of hydrogen-bond donors (Lipinski definition) is 0. The Hall–Kier alpha value is -1.01. The van der Waals surface area contributed by atoms with E-state index in [1.165, 1.54) is 0 Å². The fraction of sp³-hybridized carbons (Fsp3) is 0.211. The smallest absolute Gasteiger partial charge is 0.250 e. The standard InChI is InChI=1S/C19H16Cl6N4/c1-29(2)14-11-9-13(10-12-14)7-5-3-4-6-8-15-26-16(18(20,21)22)28-17(27-15)19(23,24)25/h3-12H,1-2H3/b4-3+,7-5+,8-6+. The van der Waals surface area contributed by atoms with Crippen LogP contribution < -0.4 is 4.90 Å². The normalized spacial score (nSPS) is 13.1. The number of hydrogen-bond acceptors (Lipinski definition) is 4. The van der Waals surface area contributed by atoms with Crippen molar-refractivity contribution in [2.24, 2.45) is 0 Å². The Bertz CT molecular complexity index is 878. The van der Waals surface area contributed by atoms with E-state index in [2.05, 4.69) is 27.1 Å². The second kappa shape index (κ2) is 10.3. The Morgan fingerprint density at radius 1 is 0.690 bits per heavy atom. The van der Waals surface area contributed by atoms with Crippen LogP contribution in [0.3, 0.4) is 0 Å². The SMILES string of the molecule is CN(C)c1ccc(/C=C/C=C/C=C/c2nc(C(Cl)(Cl)Cl)nc(C(Cl)(Cl)Cl)n2)cc1. The number of aromatic nitrogens is 3. The van der Waals surface area contributed by atoms with Gasteiger partial charge in [-0.25, -0.2) is 15.0 Å². The van der Waals surface area contributed by atoms with Gasteiger partial charge in [0.2, 0.25) is 7.59 Å². The van der Waals surface area contributed by atoms with Crippen LogP contribution in [0.1, 0.15) is 23.0 Å². The number of benzene rings is 1. The molecule has 0 aliphatic rings. The predicted molar refractivity (Wildman–Crippen MR) is 126 cm³/mol. The van der Waals surface area contributed by atoms with Crippen LogP contribution in [0.15, 0.2) is 48.6 Å². The first-order chi connectivity index (χ1) is 13.5. The van der Waals surface area contributed by atoms with Crippen LogP contribution in [0.5, 0.6) is 0 Å². The van der Waals surface area contributed by atoms with Gasteiger partial charge in [0.25, 0.3) is 0 Å². The van der Waals surface area contributed by atoms with E-state index in [1.54, 1.807) is 18.2 Å². The van der Waals surface area contributed by atoms with E-state index < -0.39 is 7.59 Å². The van der Waals surface area contributed by atoms with E-state index in [0.29, 0.717) is 0 Å². The first-order valence-corrected chi connectivity index (χ1v) is 10.4.